The Morgan fingerprint density at radius 3 is 2.48 bits per heavy atom. The molecule has 6 heteroatoms. The molecule has 0 saturated heterocycles. The molecule has 0 aliphatic rings. The number of nitrogens with one attached hydrogen (secondary N) is 2. The molecule has 2 rings (SSSR count). The van der Waals surface area contributed by atoms with E-state index in [0.29, 0.717) is 19.0 Å². The van der Waals surface area contributed by atoms with E-state index in [-0.39, 0.29) is 0 Å². The first-order chi connectivity index (χ1) is 12.0. The number of guanidine groups is 1. The Labute approximate surface area is 155 Å². The van der Waals surface area contributed by atoms with Crippen molar-refractivity contribution in [2.75, 3.05) is 25.5 Å². The third-order valence-corrected chi connectivity index (χ3v) is 4.65. The Bertz CT molecular complexity index is 673. The number of nitrogens with zero attached hydrogens (tertiary/aromatic N) is 3. The number of hydrogen-bond acceptors (Lipinski definition) is 4. The molecule has 136 valence electrons. The van der Waals surface area contributed by atoms with Crippen molar-refractivity contribution in [3.05, 3.63) is 45.9 Å². The maximum atomic E-state index is 4.67. The summed E-state index contributed by atoms with van der Waals surface area (Å²) in [4.78, 5) is 11.4. The SMILES string of the molecule is CCNC(=NCc1ccc(N(C)C)cc1)NCc1nc(C(C)C)cs1. The van der Waals surface area contributed by atoms with Crippen LogP contribution in [0, 0.1) is 0 Å². The molecule has 1 aromatic carbocycles. The fourth-order valence-electron chi connectivity index (χ4n) is 2.24. The Kier molecular flexibility index (Phi) is 7.25. The zero-order chi connectivity index (χ0) is 18.2. The number of benzene rings is 1. The summed E-state index contributed by atoms with van der Waals surface area (Å²) in [6, 6.07) is 8.48. The summed E-state index contributed by atoms with van der Waals surface area (Å²) in [6.07, 6.45) is 0. The van der Waals surface area contributed by atoms with Gasteiger partial charge in [0.15, 0.2) is 5.96 Å². The van der Waals surface area contributed by atoms with Gasteiger partial charge in [-0.2, -0.15) is 0 Å². The summed E-state index contributed by atoms with van der Waals surface area (Å²) in [7, 11) is 4.09. The van der Waals surface area contributed by atoms with Crippen molar-refractivity contribution in [2.45, 2.75) is 39.8 Å². The average molecular weight is 360 g/mol. The van der Waals surface area contributed by atoms with Gasteiger partial charge in [-0.1, -0.05) is 26.0 Å². The normalized spacial score (nSPS) is 11.7. The van der Waals surface area contributed by atoms with Crippen LogP contribution in [0.1, 0.15) is 43.0 Å². The highest BCUT2D eigenvalue weighted by molar-refractivity contribution is 7.09. The Morgan fingerprint density at radius 2 is 1.92 bits per heavy atom. The van der Waals surface area contributed by atoms with Gasteiger partial charge in [0.2, 0.25) is 0 Å². The minimum atomic E-state index is 0.469. The van der Waals surface area contributed by atoms with Crippen LogP contribution >= 0.6 is 11.3 Å². The first kappa shape index (κ1) is 19.2. The molecule has 0 saturated carbocycles. The number of anilines is 1. The van der Waals surface area contributed by atoms with Crippen LogP contribution in [0.25, 0.3) is 0 Å². The molecular formula is C19H29N5S. The van der Waals surface area contributed by atoms with Crippen molar-refractivity contribution < 1.29 is 0 Å². The summed E-state index contributed by atoms with van der Waals surface area (Å²) in [5.74, 6) is 1.29. The number of aromatic nitrogens is 1. The van der Waals surface area contributed by atoms with Crippen molar-refractivity contribution in [3.8, 4) is 0 Å². The number of aliphatic imine (C=N–C) groups is 1. The third-order valence-electron chi connectivity index (χ3n) is 3.78. The van der Waals surface area contributed by atoms with Gasteiger partial charge in [-0.25, -0.2) is 9.98 Å². The summed E-state index contributed by atoms with van der Waals surface area (Å²) >= 11 is 1.70. The molecule has 0 spiro atoms. The van der Waals surface area contributed by atoms with Crippen molar-refractivity contribution >= 4 is 23.0 Å². The van der Waals surface area contributed by atoms with Crippen LogP contribution in [0.4, 0.5) is 5.69 Å². The lowest BCUT2D eigenvalue weighted by Gasteiger charge is -2.13. The van der Waals surface area contributed by atoms with Crippen LogP contribution in [0.5, 0.6) is 0 Å². The summed E-state index contributed by atoms with van der Waals surface area (Å²) < 4.78 is 0. The van der Waals surface area contributed by atoms with Gasteiger partial charge in [0, 0.05) is 31.7 Å². The molecule has 1 heterocycles. The van der Waals surface area contributed by atoms with E-state index >= 15 is 0 Å². The topological polar surface area (TPSA) is 52.6 Å². The zero-order valence-corrected chi connectivity index (χ0v) is 16.7. The first-order valence-electron chi connectivity index (χ1n) is 8.72. The van der Waals surface area contributed by atoms with E-state index in [2.05, 4.69) is 75.9 Å². The highest BCUT2D eigenvalue weighted by atomic mass is 32.1. The molecule has 0 amide bonds. The van der Waals surface area contributed by atoms with E-state index in [4.69, 9.17) is 0 Å². The van der Waals surface area contributed by atoms with Gasteiger partial charge in [0.25, 0.3) is 0 Å². The Hall–Kier alpha value is -2.08. The second kappa shape index (κ2) is 9.42. The molecule has 25 heavy (non-hydrogen) atoms. The number of rotatable bonds is 7. The quantitative estimate of drug-likeness (QED) is 0.586. The highest BCUT2D eigenvalue weighted by Gasteiger charge is 2.06. The molecule has 0 aliphatic carbocycles. The van der Waals surface area contributed by atoms with Crippen LogP contribution in [0.15, 0.2) is 34.6 Å². The van der Waals surface area contributed by atoms with Crippen molar-refractivity contribution in [1.29, 1.82) is 0 Å². The van der Waals surface area contributed by atoms with Gasteiger partial charge in [-0.05, 0) is 30.5 Å². The van der Waals surface area contributed by atoms with E-state index in [0.717, 1.165) is 23.2 Å². The fraction of sp³-hybridized carbons (Fsp3) is 0.474. The van der Waals surface area contributed by atoms with Gasteiger partial charge in [-0.3, -0.25) is 0 Å². The van der Waals surface area contributed by atoms with E-state index < -0.39 is 0 Å². The van der Waals surface area contributed by atoms with Crippen LogP contribution in [0.2, 0.25) is 0 Å². The smallest absolute Gasteiger partial charge is 0.191 e. The van der Waals surface area contributed by atoms with E-state index in [1.54, 1.807) is 11.3 Å². The fourth-order valence-corrected chi connectivity index (χ4v) is 3.14. The lowest BCUT2D eigenvalue weighted by atomic mass is 10.2. The summed E-state index contributed by atoms with van der Waals surface area (Å²) in [5.41, 5.74) is 3.55. The van der Waals surface area contributed by atoms with Gasteiger partial charge in [0.05, 0.1) is 18.8 Å². The zero-order valence-electron chi connectivity index (χ0n) is 15.8. The predicted octanol–water partition coefficient (Wildman–Crippen LogP) is 3.59. The molecule has 1 aromatic heterocycles. The maximum Gasteiger partial charge on any atom is 0.191 e. The molecule has 2 N–H and O–H groups in total. The van der Waals surface area contributed by atoms with Gasteiger partial charge in [0.1, 0.15) is 5.01 Å². The van der Waals surface area contributed by atoms with Crippen LogP contribution in [-0.4, -0.2) is 31.6 Å². The lowest BCUT2D eigenvalue weighted by molar-refractivity contribution is 0.788. The molecule has 0 fully saturated rings. The minimum Gasteiger partial charge on any atom is -0.378 e. The second-order valence-corrected chi connectivity index (χ2v) is 7.37. The van der Waals surface area contributed by atoms with Crippen molar-refractivity contribution in [2.24, 2.45) is 4.99 Å². The molecular weight excluding hydrogens is 330 g/mol. The lowest BCUT2D eigenvalue weighted by Crippen LogP contribution is -2.36. The van der Waals surface area contributed by atoms with Gasteiger partial charge in [-0.15, -0.1) is 11.3 Å². The highest BCUT2D eigenvalue weighted by Crippen LogP contribution is 2.17. The van der Waals surface area contributed by atoms with Crippen LogP contribution in [-0.2, 0) is 13.1 Å². The average Bonchev–Trinajstić information content (AvgIpc) is 3.07. The second-order valence-electron chi connectivity index (χ2n) is 6.43. The van der Waals surface area contributed by atoms with Crippen molar-refractivity contribution in [1.82, 2.24) is 15.6 Å². The molecule has 0 unspecified atom stereocenters. The molecule has 5 nitrogen and oxygen atoms in total. The first-order valence-corrected chi connectivity index (χ1v) is 9.60. The minimum absolute atomic E-state index is 0.469. The standard InChI is InChI=1S/C19H29N5S/c1-6-20-19(22-12-18-23-17(13-25-18)14(2)3)21-11-15-7-9-16(10-8-15)24(4)5/h7-10,13-14H,6,11-12H2,1-5H3,(H2,20,21,22). The van der Waals surface area contributed by atoms with Gasteiger partial charge >= 0.3 is 0 Å². The van der Waals surface area contributed by atoms with E-state index in [1.165, 1.54) is 11.3 Å². The van der Waals surface area contributed by atoms with E-state index in [9.17, 15) is 0 Å². The molecule has 2 aromatic rings. The largest absolute Gasteiger partial charge is 0.378 e. The predicted molar refractivity (Wildman–Crippen MR) is 109 cm³/mol. The summed E-state index contributed by atoms with van der Waals surface area (Å²) in [5, 5.41) is 9.88. The third kappa shape index (κ3) is 6.05. The Morgan fingerprint density at radius 1 is 1.20 bits per heavy atom. The summed E-state index contributed by atoms with van der Waals surface area (Å²) in [6.45, 7) is 8.59. The molecule has 0 radical (unpaired) electrons. The van der Waals surface area contributed by atoms with E-state index in [1.807, 2.05) is 14.1 Å². The van der Waals surface area contributed by atoms with Crippen LogP contribution in [0.3, 0.4) is 0 Å². The van der Waals surface area contributed by atoms with Crippen LogP contribution < -0.4 is 15.5 Å². The monoisotopic (exact) mass is 359 g/mol. The van der Waals surface area contributed by atoms with Gasteiger partial charge < -0.3 is 15.5 Å². The number of thiazole rings is 1. The molecule has 0 bridgehead atoms. The Balaban J connectivity index is 1.95. The molecule has 0 aliphatic heterocycles. The van der Waals surface area contributed by atoms with Crippen molar-refractivity contribution in [3.63, 3.8) is 0 Å². The maximum absolute atomic E-state index is 4.67. The number of hydrogen-bond donors (Lipinski definition) is 2. The molecule has 0 atom stereocenters.